The maximum Gasteiger partial charge on any atom is 2.00 e. The van der Waals surface area contributed by atoms with E-state index in [1.807, 2.05) is 0 Å². The monoisotopic (exact) mass is 555 g/mol. The van der Waals surface area contributed by atoms with Crippen LogP contribution in [0, 0.1) is 29.2 Å². The van der Waals surface area contributed by atoms with Gasteiger partial charge in [-0.3, -0.25) is 0 Å². The van der Waals surface area contributed by atoms with E-state index in [9.17, 15) is 0 Å². The third-order valence-corrected chi connectivity index (χ3v) is 7.42. The van der Waals surface area contributed by atoms with Gasteiger partial charge < -0.3 is 16.0 Å². The summed E-state index contributed by atoms with van der Waals surface area (Å²) in [5.41, 5.74) is 2.34. The standard InChI is InChI=1S/C25H41NO.W/c1-20(23(2,3)4)22-11-7-6-10-21(22)18-26-16-14-24(5)15-17-27-25(19-24)12-8-9-13-25;/h6-7,10,18,22,26H,8-9,11-17,19H2,1-5H3;/q-2;+2. The molecule has 1 heterocycles. The van der Waals surface area contributed by atoms with Crippen molar-refractivity contribution in [1.29, 1.82) is 0 Å². The zero-order valence-electron chi connectivity index (χ0n) is 18.8. The number of nitrogens with one attached hydrogen (secondary N) is 1. The summed E-state index contributed by atoms with van der Waals surface area (Å²) in [6.07, 6.45) is 16.9. The van der Waals surface area contributed by atoms with Crippen LogP contribution >= 0.6 is 0 Å². The summed E-state index contributed by atoms with van der Waals surface area (Å²) in [5, 5.41) is 3.66. The summed E-state index contributed by atoms with van der Waals surface area (Å²) in [5.74, 6) is 2.12. The van der Waals surface area contributed by atoms with Crippen LogP contribution in [0.15, 0.2) is 23.8 Å². The normalized spacial score (nSPS) is 29.6. The molecule has 0 aromatic rings. The Kier molecular flexibility index (Phi) is 8.52. The minimum Gasteiger partial charge on any atom is -0.375 e. The van der Waals surface area contributed by atoms with Crippen molar-refractivity contribution in [3.05, 3.63) is 36.3 Å². The van der Waals surface area contributed by atoms with Gasteiger partial charge in [0.2, 0.25) is 0 Å². The average molecular weight is 555 g/mol. The summed E-state index contributed by atoms with van der Waals surface area (Å²) in [6, 6.07) is 0. The molecule has 0 bridgehead atoms. The summed E-state index contributed by atoms with van der Waals surface area (Å²) >= 11 is 0. The first-order valence-electron chi connectivity index (χ1n) is 11.1. The first-order chi connectivity index (χ1) is 12.7. The molecule has 3 aliphatic rings. The second-order valence-corrected chi connectivity index (χ2v) is 10.6. The van der Waals surface area contributed by atoms with E-state index in [1.165, 1.54) is 50.5 Å². The van der Waals surface area contributed by atoms with E-state index in [1.54, 1.807) is 5.92 Å². The van der Waals surface area contributed by atoms with E-state index in [-0.39, 0.29) is 32.1 Å². The maximum atomic E-state index is 6.25. The molecule has 0 aromatic heterocycles. The van der Waals surface area contributed by atoms with Gasteiger partial charge in [0.05, 0.1) is 5.60 Å². The molecular weight excluding hydrogens is 514 g/mol. The summed E-state index contributed by atoms with van der Waals surface area (Å²) in [7, 11) is 0. The molecule has 2 nitrogen and oxygen atoms in total. The van der Waals surface area contributed by atoms with Crippen LogP contribution in [0.1, 0.15) is 86.0 Å². The molecule has 2 fully saturated rings. The van der Waals surface area contributed by atoms with Crippen molar-refractivity contribution in [1.82, 2.24) is 5.32 Å². The molecule has 28 heavy (non-hydrogen) atoms. The van der Waals surface area contributed by atoms with Crippen LogP contribution in [-0.4, -0.2) is 18.8 Å². The number of hydrogen-bond acceptors (Lipinski definition) is 2. The van der Waals surface area contributed by atoms with Crippen molar-refractivity contribution in [3.8, 4) is 0 Å². The molecule has 3 heteroatoms. The van der Waals surface area contributed by atoms with Crippen LogP contribution in [0.25, 0.3) is 0 Å². The van der Waals surface area contributed by atoms with Gasteiger partial charge in [-0.15, -0.1) is 12.2 Å². The van der Waals surface area contributed by atoms with E-state index >= 15 is 0 Å². The molecule has 1 aliphatic heterocycles. The SMILES string of the molecule is C[C-](C1CC=CC=C1[CH-]NCCC1(C)CCOC2(CCCC2)C1)C(C)(C)C.[W+2]. The van der Waals surface area contributed by atoms with Gasteiger partial charge in [0, 0.05) is 6.61 Å². The first kappa shape index (κ1) is 24.2. The predicted molar refractivity (Wildman–Crippen MR) is 115 cm³/mol. The molecule has 0 radical (unpaired) electrons. The van der Waals surface area contributed by atoms with Crippen molar-refractivity contribution < 1.29 is 25.8 Å². The predicted octanol–water partition coefficient (Wildman–Crippen LogP) is 6.40. The second kappa shape index (κ2) is 9.84. The molecule has 1 saturated heterocycles. The van der Waals surface area contributed by atoms with Gasteiger partial charge in [-0.25, -0.2) is 11.6 Å². The molecule has 0 amide bonds. The molecule has 2 atom stereocenters. The van der Waals surface area contributed by atoms with Crippen LogP contribution < -0.4 is 5.32 Å². The smallest absolute Gasteiger partial charge is 0.375 e. The Morgan fingerprint density at radius 3 is 2.64 bits per heavy atom. The molecule has 2 aliphatic carbocycles. The van der Waals surface area contributed by atoms with Crippen molar-refractivity contribution in [3.63, 3.8) is 0 Å². The van der Waals surface area contributed by atoms with Gasteiger partial charge in [0.1, 0.15) is 0 Å². The minimum atomic E-state index is 0. The van der Waals surface area contributed by atoms with Gasteiger partial charge in [-0.2, -0.15) is 24.8 Å². The number of hydrogen-bond donors (Lipinski definition) is 1. The van der Waals surface area contributed by atoms with E-state index in [0.717, 1.165) is 19.6 Å². The zero-order valence-corrected chi connectivity index (χ0v) is 21.7. The number of ether oxygens (including phenoxy) is 1. The van der Waals surface area contributed by atoms with E-state index in [2.05, 4.69) is 64.7 Å². The van der Waals surface area contributed by atoms with E-state index in [4.69, 9.17) is 4.74 Å². The van der Waals surface area contributed by atoms with Crippen LogP contribution in [-0.2, 0) is 25.8 Å². The molecule has 1 N–H and O–H groups in total. The third kappa shape index (κ3) is 5.99. The summed E-state index contributed by atoms with van der Waals surface area (Å²) in [4.78, 5) is 0. The largest absolute Gasteiger partial charge is 2.00 e. The van der Waals surface area contributed by atoms with E-state index in [0.29, 0.717) is 11.3 Å². The molecule has 158 valence electrons. The Labute approximate surface area is 188 Å². The maximum absolute atomic E-state index is 6.25. The fourth-order valence-corrected chi connectivity index (χ4v) is 5.29. The molecule has 2 unspecified atom stereocenters. The Bertz CT molecular complexity index is 555. The Morgan fingerprint density at radius 1 is 1.25 bits per heavy atom. The van der Waals surface area contributed by atoms with Gasteiger partial charge in [0.25, 0.3) is 0 Å². The van der Waals surface area contributed by atoms with Gasteiger partial charge in [-0.1, -0.05) is 47.0 Å². The van der Waals surface area contributed by atoms with Crippen molar-refractivity contribution >= 4 is 0 Å². The Balaban J connectivity index is 0.00000280. The third-order valence-electron chi connectivity index (χ3n) is 7.42. The van der Waals surface area contributed by atoms with Crippen molar-refractivity contribution in [2.45, 2.75) is 91.6 Å². The topological polar surface area (TPSA) is 21.3 Å². The van der Waals surface area contributed by atoms with Crippen LogP contribution in [0.4, 0.5) is 0 Å². The molecule has 3 rings (SSSR count). The zero-order chi connectivity index (χ0) is 19.5. The van der Waals surface area contributed by atoms with Crippen LogP contribution in [0.5, 0.6) is 0 Å². The molecular formula is C25H41NOW. The molecule has 0 aromatic carbocycles. The van der Waals surface area contributed by atoms with Gasteiger partial charge in [-0.05, 0) is 44.1 Å². The summed E-state index contributed by atoms with van der Waals surface area (Å²) < 4.78 is 6.25. The Hall–Kier alpha value is -0.0417. The van der Waals surface area contributed by atoms with E-state index < -0.39 is 0 Å². The van der Waals surface area contributed by atoms with Gasteiger partial charge in [0.15, 0.2) is 0 Å². The fourth-order valence-electron chi connectivity index (χ4n) is 5.29. The average Bonchev–Trinajstić information content (AvgIpc) is 3.05. The van der Waals surface area contributed by atoms with Crippen LogP contribution in [0.2, 0.25) is 0 Å². The molecule has 1 saturated carbocycles. The fraction of sp³-hybridized carbons (Fsp3) is 0.760. The first-order valence-corrected chi connectivity index (χ1v) is 11.1. The second-order valence-electron chi connectivity index (χ2n) is 10.6. The van der Waals surface area contributed by atoms with Crippen molar-refractivity contribution in [2.24, 2.45) is 16.7 Å². The number of rotatable bonds is 6. The Morgan fingerprint density at radius 2 is 1.96 bits per heavy atom. The van der Waals surface area contributed by atoms with Gasteiger partial charge >= 0.3 is 21.1 Å². The number of allylic oxidation sites excluding steroid dienone is 3. The summed E-state index contributed by atoms with van der Waals surface area (Å²) in [6.45, 7) is 16.1. The minimum absolute atomic E-state index is 0. The quantitative estimate of drug-likeness (QED) is 0.303. The molecule has 1 spiro atoms. The van der Waals surface area contributed by atoms with Crippen LogP contribution in [0.3, 0.4) is 0 Å². The van der Waals surface area contributed by atoms with Crippen molar-refractivity contribution in [2.75, 3.05) is 13.2 Å².